The molecule has 0 N–H and O–H groups in total. The second-order valence-electron chi connectivity index (χ2n) is 11.8. The first kappa shape index (κ1) is 32.0. The topological polar surface area (TPSA) is 0 Å². The van der Waals surface area contributed by atoms with Crippen LogP contribution < -0.4 is 0 Å². The Balaban J connectivity index is 3.52. The highest BCUT2D eigenvalue weighted by Crippen LogP contribution is 2.21. The smallest absolute Gasteiger partial charge is 0.0884 e. The zero-order chi connectivity index (χ0) is 23.8. The summed E-state index contributed by atoms with van der Waals surface area (Å²) in [5.74, 6) is 0. The molecular weight excluding hydrogens is 386 g/mol. The van der Waals surface area contributed by atoms with Crippen molar-refractivity contribution in [1.29, 1.82) is 0 Å². The second-order valence-corrected chi connectivity index (χ2v) is 11.8. The number of hydrogen-bond acceptors (Lipinski definition) is 0. The summed E-state index contributed by atoms with van der Waals surface area (Å²) in [7, 11) is 7.25. The van der Waals surface area contributed by atoms with E-state index in [-0.39, 0.29) is 0 Å². The molecule has 0 fully saturated rings. The molecule has 1 nitrogen and oxygen atoms in total. The fourth-order valence-corrected chi connectivity index (χ4v) is 5.18. The van der Waals surface area contributed by atoms with Crippen LogP contribution in [0.2, 0.25) is 0 Å². The summed E-state index contributed by atoms with van der Waals surface area (Å²) in [6.45, 7) is 4.62. The Morgan fingerprint density at radius 2 is 0.562 bits per heavy atom. The predicted octanol–water partition coefficient (Wildman–Crippen LogP) is 10.9. The van der Waals surface area contributed by atoms with Crippen molar-refractivity contribution in [2.24, 2.45) is 0 Å². The van der Waals surface area contributed by atoms with Crippen molar-refractivity contribution in [3.8, 4) is 0 Å². The number of quaternary nitrogens is 1. The number of hydrogen-bond donors (Lipinski definition) is 0. The third-order valence-electron chi connectivity index (χ3n) is 7.63. The van der Waals surface area contributed by atoms with E-state index in [1.807, 2.05) is 0 Å². The molecule has 0 heterocycles. The predicted molar refractivity (Wildman–Crippen MR) is 149 cm³/mol. The van der Waals surface area contributed by atoms with Gasteiger partial charge >= 0.3 is 0 Å². The van der Waals surface area contributed by atoms with Crippen LogP contribution in [0, 0.1) is 0 Å². The minimum Gasteiger partial charge on any atom is -0.328 e. The van der Waals surface area contributed by atoms with Gasteiger partial charge in [0.1, 0.15) is 0 Å². The van der Waals surface area contributed by atoms with E-state index in [2.05, 4.69) is 35.0 Å². The Labute approximate surface area is 206 Å². The summed E-state index contributed by atoms with van der Waals surface area (Å²) in [6, 6.07) is 0.872. The Kier molecular flexibility index (Phi) is 24.1. The molecule has 194 valence electrons. The van der Waals surface area contributed by atoms with Crippen LogP contribution in [0.1, 0.15) is 174 Å². The van der Waals surface area contributed by atoms with Crippen LogP contribution in [0.25, 0.3) is 0 Å². The van der Waals surface area contributed by atoms with Crippen molar-refractivity contribution < 1.29 is 4.48 Å². The Morgan fingerprint density at radius 1 is 0.344 bits per heavy atom. The molecule has 32 heavy (non-hydrogen) atoms. The van der Waals surface area contributed by atoms with Crippen molar-refractivity contribution >= 4 is 0 Å². The molecule has 0 aliphatic carbocycles. The quantitative estimate of drug-likeness (QED) is 0.0903. The van der Waals surface area contributed by atoms with Crippen molar-refractivity contribution in [3.63, 3.8) is 0 Å². The fraction of sp³-hybridized carbons (Fsp3) is 1.00. The molecule has 0 saturated carbocycles. The zero-order valence-electron chi connectivity index (χ0n) is 23.7. The molecule has 1 unspecified atom stereocenters. The molecule has 0 aromatic rings. The Bertz CT molecular complexity index is 343. The lowest BCUT2D eigenvalue weighted by molar-refractivity contribution is -0.896. The van der Waals surface area contributed by atoms with E-state index < -0.39 is 0 Å². The van der Waals surface area contributed by atoms with Gasteiger partial charge in [0, 0.05) is 0 Å². The lowest BCUT2D eigenvalue weighted by Crippen LogP contribution is -2.45. The second kappa shape index (κ2) is 24.1. The summed E-state index contributed by atoms with van der Waals surface area (Å²) >= 11 is 0. The highest BCUT2D eigenvalue weighted by molar-refractivity contribution is 4.60. The lowest BCUT2D eigenvalue weighted by atomic mass is 9.98. The Morgan fingerprint density at radius 3 is 0.781 bits per heavy atom. The molecule has 0 aromatic heterocycles. The number of nitrogens with zero attached hydrogens (tertiary/aromatic N) is 1. The molecular formula is C31H66N+. The minimum atomic E-state index is 0.872. The largest absolute Gasteiger partial charge is 0.328 e. The molecule has 0 radical (unpaired) electrons. The maximum absolute atomic E-state index is 2.42. The third-order valence-corrected chi connectivity index (χ3v) is 7.63. The van der Waals surface area contributed by atoms with Crippen LogP contribution in [-0.2, 0) is 0 Å². The SMILES string of the molecule is CCCCCCCCCCCCCCCCCC(CCCCCCCCCC)[N+](C)(C)C. The summed E-state index contributed by atoms with van der Waals surface area (Å²) < 4.78 is 1.16. The summed E-state index contributed by atoms with van der Waals surface area (Å²) in [4.78, 5) is 0. The van der Waals surface area contributed by atoms with Crippen LogP contribution in [0.3, 0.4) is 0 Å². The molecule has 0 aliphatic rings. The standard InChI is InChI=1S/C31H66N/c1-6-8-10-12-14-16-17-18-19-20-21-22-24-26-28-30-31(32(3,4)5)29-27-25-23-15-13-11-9-7-2/h31H,6-30H2,1-5H3/q+1. The molecule has 0 aromatic carbocycles. The molecule has 0 spiro atoms. The van der Waals surface area contributed by atoms with Gasteiger partial charge in [-0.1, -0.05) is 149 Å². The van der Waals surface area contributed by atoms with Gasteiger partial charge in [0.25, 0.3) is 0 Å². The average Bonchev–Trinajstić information content (AvgIpc) is 2.75. The Hall–Kier alpha value is -0.0400. The first-order valence-corrected chi connectivity index (χ1v) is 15.3. The van der Waals surface area contributed by atoms with Gasteiger partial charge in [-0.05, 0) is 25.7 Å². The molecule has 0 bridgehead atoms. The average molecular weight is 453 g/mol. The normalized spacial score (nSPS) is 13.0. The monoisotopic (exact) mass is 453 g/mol. The van der Waals surface area contributed by atoms with Crippen LogP contribution in [0.15, 0.2) is 0 Å². The van der Waals surface area contributed by atoms with Crippen LogP contribution in [0.5, 0.6) is 0 Å². The van der Waals surface area contributed by atoms with Gasteiger partial charge < -0.3 is 4.48 Å². The van der Waals surface area contributed by atoms with Crippen LogP contribution in [0.4, 0.5) is 0 Å². The minimum absolute atomic E-state index is 0.872. The van der Waals surface area contributed by atoms with Gasteiger partial charge in [0.2, 0.25) is 0 Å². The van der Waals surface area contributed by atoms with E-state index in [0.717, 1.165) is 10.5 Å². The summed E-state index contributed by atoms with van der Waals surface area (Å²) in [5, 5.41) is 0. The van der Waals surface area contributed by atoms with Gasteiger partial charge in [0.15, 0.2) is 0 Å². The fourth-order valence-electron chi connectivity index (χ4n) is 5.18. The van der Waals surface area contributed by atoms with Crippen molar-refractivity contribution in [3.05, 3.63) is 0 Å². The number of rotatable bonds is 26. The first-order chi connectivity index (χ1) is 15.5. The molecule has 1 atom stereocenters. The van der Waals surface area contributed by atoms with Gasteiger partial charge in [-0.2, -0.15) is 0 Å². The van der Waals surface area contributed by atoms with E-state index >= 15 is 0 Å². The molecule has 0 saturated heterocycles. The van der Waals surface area contributed by atoms with Crippen LogP contribution in [-0.4, -0.2) is 31.7 Å². The third kappa shape index (κ3) is 23.1. The van der Waals surface area contributed by atoms with E-state index in [1.165, 1.54) is 161 Å². The van der Waals surface area contributed by atoms with E-state index in [9.17, 15) is 0 Å². The van der Waals surface area contributed by atoms with Crippen molar-refractivity contribution in [2.75, 3.05) is 21.1 Å². The molecule has 0 aliphatic heterocycles. The highest BCUT2D eigenvalue weighted by atomic mass is 15.3. The summed E-state index contributed by atoms with van der Waals surface area (Å²) in [5.41, 5.74) is 0. The van der Waals surface area contributed by atoms with Gasteiger partial charge in [0.05, 0.1) is 27.2 Å². The van der Waals surface area contributed by atoms with Gasteiger partial charge in [-0.15, -0.1) is 0 Å². The van der Waals surface area contributed by atoms with Crippen molar-refractivity contribution in [2.45, 2.75) is 180 Å². The number of unbranched alkanes of at least 4 members (excludes halogenated alkanes) is 21. The van der Waals surface area contributed by atoms with E-state index in [4.69, 9.17) is 0 Å². The van der Waals surface area contributed by atoms with Gasteiger partial charge in [-0.25, -0.2) is 0 Å². The summed E-state index contributed by atoms with van der Waals surface area (Å²) in [6.07, 6.45) is 36.4. The lowest BCUT2D eigenvalue weighted by Gasteiger charge is -2.34. The first-order valence-electron chi connectivity index (χ1n) is 15.3. The van der Waals surface area contributed by atoms with E-state index in [1.54, 1.807) is 0 Å². The van der Waals surface area contributed by atoms with E-state index in [0.29, 0.717) is 0 Å². The maximum Gasteiger partial charge on any atom is 0.0884 e. The highest BCUT2D eigenvalue weighted by Gasteiger charge is 2.22. The maximum atomic E-state index is 2.42. The molecule has 1 heteroatoms. The molecule has 0 rings (SSSR count). The van der Waals surface area contributed by atoms with Crippen molar-refractivity contribution in [1.82, 2.24) is 0 Å². The van der Waals surface area contributed by atoms with Gasteiger partial charge in [-0.3, -0.25) is 0 Å². The van der Waals surface area contributed by atoms with Crippen LogP contribution >= 0.6 is 0 Å². The molecule has 0 amide bonds. The zero-order valence-corrected chi connectivity index (χ0v) is 23.7.